The number of nitrogens with one attached hydrogen (secondary N) is 1. The summed E-state index contributed by atoms with van der Waals surface area (Å²) < 4.78 is 26.7. The molecule has 1 atom stereocenters. The van der Waals surface area contributed by atoms with Crippen molar-refractivity contribution in [2.45, 2.75) is 19.4 Å². The van der Waals surface area contributed by atoms with Gasteiger partial charge in [0.05, 0.1) is 11.3 Å². The molecule has 4 rings (SSSR count). The molecule has 136 valence electrons. The molecule has 2 aromatic carbocycles. The second kappa shape index (κ2) is 6.79. The lowest BCUT2D eigenvalue weighted by atomic mass is 10.1. The van der Waals surface area contributed by atoms with E-state index in [-0.39, 0.29) is 11.7 Å². The number of halogens is 2. The monoisotopic (exact) mass is 365 g/mol. The second-order valence-corrected chi connectivity index (χ2v) is 6.54. The standard InChI is InChI=1S/C21H17F2N3O/c1-13-10-14-4-2-3-5-19(14)26(13)20-9-6-15(12-24-20)21(27)25-18-8-7-16(22)11-17(18)23/h2-9,11-13H,10H2,1H3,(H,25,27). The fourth-order valence-corrected chi connectivity index (χ4v) is 3.36. The Labute approximate surface area is 155 Å². The summed E-state index contributed by atoms with van der Waals surface area (Å²) >= 11 is 0. The number of benzene rings is 2. The molecular formula is C21H17F2N3O. The number of nitrogens with zero attached hydrogens (tertiary/aromatic N) is 2. The number of carbonyl (C=O) groups is 1. The smallest absolute Gasteiger partial charge is 0.257 e. The van der Waals surface area contributed by atoms with Crippen LogP contribution in [-0.4, -0.2) is 16.9 Å². The number of aromatic nitrogens is 1. The molecule has 1 unspecified atom stereocenters. The van der Waals surface area contributed by atoms with E-state index in [0.29, 0.717) is 5.56 Å². The number of rotatable bonds is 3. The van der Waals surface area contributed by atoms with Crippen LogP contribution in [0.2, 0.25) is 0 Å². The first kappa shape index (κ1) is 17.1. The summed E-state index contributed by atoms with van der Waals surface area (Å²) in [5.41, 5.74) is 2.60. The van der Waals surface area contributed by atoms with Crippen molar-refractivity contribution in [2.75, 3.05) is 10.2 Å². The average molecular weight is 365 g/mol. The Morgan fingerprint density at radius 1 is 1.15 bits per heavy atom. The van der Waals surface area contributed by atoms with Gasteiger partial charge in [-0.2, -0.15) is 0 Å². The van der Waals surface area contributed by atoms with Crippen LogP contribution in [0, 0.1) is 11.6 Å². The Morgan fingerprint density at radius 2 is 1.96 bits per heavy atom. The van der Waals surface area contributed by atoms with Crippen molar-refractivity contribution in [3.63, 3.8) is 0 Å². The highest BCUT2D eigenvalue weighted by Crippen LogP contribution is 2.37. The van der Waals surface area contributed by atoms with Crippen LogP contribution in [-0.2, 0) is 6.42 Å². The van der Waals surface area contributed by atoms with Crippen molar-refractivity contribution >= 4 is 23.1 Å². The molecule has 1 N–H and O–H groups in total. The minimum atomic E-state index is -0.824. The SMILES string of the molecule is CC1Cc2ccccc2N1c1ccc(C(=O)Nc2ccc(F)cc2F)cn1. The van der Waals surface area contributed by atoms with Gasteiger partial charge in [-0.1, -0.05) is 18.2 Å². The van der Waals surface area contributed by atoms with Crippen LogP contribution >= 0.6 is 0 Å². The third kappa shape index (κ3) is 3.26. The number of para-hydroxylation sites is 1. The van der Waals surface area contributed by atoms with Crippen molar-refractivity contribution in [1.82, 2.24) is 4.98 Å². The zero-order valence-corrected chi connectivity index (χ0v) is 14.6. The Morgan fingerprint density at radius 3 is 2.70 bits per heavy atom. The first-order valence-corrected chi connectivity index (χ1v) is 8.62. The number of pyridine rings is 1. The Balaban J connectivity index is 1.55. The zero-order valence-electron chi connectivity index (χ0n) is 14.6. The van der Waals surface area contributed by atoms with E-state index in [2.05, 4.69) is 34.3 Å². The van der Waals surface area contributed by atoms with E-state index in [9.17, 15) is 13.6 Å². The van der Waals surface area contributed by atoms with Crippen LogP contribution in [0.1, 0.15) is 22.8 Å². The van der Waals surface area contributed by atoms with Gasteiger partial charge in [0, 0.05) is 24.0 Å². The lowest BCUT2D eigenvalue weighted by Crippen LogP contribution is -2.25. The van der Waals surface area contributed by atoms with Crippen LogP contribution in [0.4, 0.5) is 26.0 Å². The average Bonchev–Trinajstić information content (AvgIpc) is 3.00. The summed E-state index contributed by atoms with van der Waals surface area (Å²) in [6.07, 6.45) is 2.39. The Hall–Kier alpha value is -3.28. The van der Waals surface area contributed by atoms with Gasteiger partial charge < -0.3 is 10.2 Å². The third-order valence-electron chi connectivity index (χ3n) is 4.64. The summed E-state index contributed by atoms with van der Waals surface area (Å²) in [5, 5.41) is 2.43. The minimum absolute atomic E-state index is 0.0763. The molecule has 1 aromatic heterocycles. The minimum Gasteiger partial charge on any atom is -0.323 e. The largest absolute Gasteiger partial charge is 0.323 e. The third-order valence-corrected chi connectivity index (χ3v) is 4.64. The van der Waals surface area contributed by atoms with Crippen LogP contribution in [0.25, 0.3) is 0 Å². The number of carbonyl (C=O) groups excluding carboxylic acids is 1. The highest BCUT2D eigenvalue weighted by molar-refractivity contribution is 6.04. The van der Waals surface area contributed by atoms with Crippen LogP contribution in [0.3, 0.4) is 0 Å². The van der Waals surface area contributed by atoms with Crippen molar-refractivity contribution in [2.24, 2.45) is 0 Å². The second-order valence-electron chi connectivity index (χ2n) is 6.54. The summed E-state index contributed by atoms with van der Waals surface area (Å²) in [5.74, 6) is -1.28. The van der Waals surface area contributed by atoms with Crippen molar-refractivity contribution in [3.8, 4) is 0 Å². The molecule has 0 spiro atoms. The van der Waals surface area contributed by atoms with E-state index in [1.54, 1.807) is 12.1 Å². The van der Waals surface area contributed by atoms with Crippen molar-refractivity contribution in [3.05, 3.63) is 83.6 Å². The Kier molecular flexibility index (Phi) is 4.32. The van der Waals surface area contributed by atoms with Gasteiger partial charge in [0.2, 0.25) is 0 Å². The molecule has 1 aliphatic rings. The predicted octanol–water partition coefficient (Wildman–Crippen LogP) is 4.69. The van der Waals surface area contributed by atoms with Gasteiger partial charge in [0.25, 0.3) is 5.91 Å². The molecule has 1 amide bonds. The topological polar surface area (TPSA) is 45.2 Å². The van der Waals surface area contributed by atoms with Gasteiger partial charge in [0.1, 0.15) is 17.5 Å². The van der Waals surface area contributed by atoms with Gasteiger partial charge in [-0.25, -0.2) is 13.8 Å². The van der Waals surface area contributed by atoms with Gasteiger partial charge in [-0.05, 0) is 49.2 Å². The van der Waals surface area contributed by atoms with Gasteiger partial charge in [0.15, 0.2) is 0 Å². The molecule has 0 saturated carbocycles. The summed E-state index contributed by atoms with van der Waals surface area (Å²) in [7, 11) is 0. The van der Waals surface area contributed by atoms with Gasteiger partial charge >= 0.3 is 0 Å². The summed E-state index contributed by atoms with van der Waals surface area (Å²) in [4.78, 5) is 18.9. The van der Waals surface area contributed by atoms with Gasteiger partial charge in [-0.3, -0.25) is 4.79 Å². The fraction of sp³-hybridized carbons (Fsp3) is 0.143. The first-order chi connectivity index (χ1) is 13.0. The normalized spacial score (nSPS) is 15.5. The molecule has 3 aromatic rings. The maximum absolute atomic E-state index is 13.7. The maximum Gasteiger partial charge on any atom is 0.257 e. The molecule has 0 saturated heterocycles. The molecular weight excluding hydrogens is 348 g/mol. The molecule has 2 heterocycles. The van der Waals surface area contributed by atoms with E-state index in [1.807, 2.05) is 12.1 Å². The Bertz CT molecular complexity index is 1000. The van der Waals surface area contributed by atoms with E-state index in [4.69, 9.17) is 0 Å². The van der Waals surface area contributed by atoms with E-state index in [1.165, 1.54) is 17.8 Å². The molecule has 4 nitrogen and oxygen atoms in total. The summed E-state index contributed by atoms with van der Waals surface area (Å²) in [6, 6.07) is 14.9. The zero-order chi connectivity index (χ0) is 19.0. The number of amides is 1. The van der Waals surface area contributed by atoms with Crippen molar-refractivity contribution < 1.29 is 13.6 Å². The quantitative estimate of drug-likeness (QED) is 0.732. The van der Waals surface area contributed by atoms with E-state index >= 15 is 0 Å². The van der Waals surface area contributed by atoms with Crippen LogP contribution < -0.4 is 10.2 Å². The highest BCUT2D eigenvalue weighted by Gasteiger charge is 2.27. The number of anilines is 3. The molecule has 0 bridgehead atoms. The van der Waals surface area contributed by atoms with Crippen LogP contribution in [0.15, 0.2) is 60.8 Å². The van der Waals surface area contributed by atoms with Crippen molar-refractivity contribution in [1.29, 1.82) is 0 Å². The van der Waals surface area contributed by atoms with E-state index < -0.39 is 17.5 Å². The number of hydrogen-bond acceptors (Lipinski definition) is 3. The maximum atomic E-state index is 13.7. The molecule has 1 aliphatic heterocycles. The highest BCUT2D eigenvalue weighted by atomic mass is 19.1. The lowest BCUT2D eigenvalue weighted by Gasteiger charge is -2.23. The number of fused-ring (bicyclic) bond motifs is 1. The number of hydrogen-bond donors (Lipinski definition) is 1. The van der Waals surface area contributed by atoms with E-state index in [0.717, 1.165) is 30.1 Å². The summed E-state index contributed by atoms with van der Waals surface area (Å²) in [6.45, 7) is 2.12. The van der Waals surface area contributed by atoms with Crippen LogP contribution in [0.5, 0.6) is 0 Å². The predicted molar refractivity (Wildman–Crippen MR) is 100 cm³/mol. The molecule has 6 heteroatoms. The fourth-order valence-electron chi connectivity index (χ4n) is 3.36. The molecule has 0 aliphatic carbocycles. The molecule has 0 radical (unpaired) electrons. The molecule has 27 heavy (non-hydrogen) atoms. The lowest BCUT2D eigenvalue weighted by molar-refractivity contribution is 0.102. The van der Waals surface area contributed by atoms with Gasteiger partial charge in [-0.15, -0.1) is 0 Å². The first-order valence-electron chi connectivity index (χ1n) is 8.62. The molecule has 0 fully saturated rings.